The van der Waals surface area contributed by atoms with Crippen LogP contribution in [0.15, 0.2) is 12.7 Å². The van der Waals surface area contributed by atoms with Gasteiger partial charge in [-0.3, -0.25) is 4.79 Å². The predicted octanol–water partition coefficient (Wildman–Crippen LogP) is 2.04. The third kappa shape index (κ3) is 3.31. The zero-order valence-electron chi connectivity index (χ0n) is 8.17. The molecule has 0 saturated heterocycles. The quantitative estimate of drug-likeness (QED) is 0.674. The first-order valence-electron chi connectivity index (χ1n) is 5.13. The molecule has 1 saturated carbocycles. The van der Waals surface area contributed by atoms with Crippen LogP contribution in [-0.2, 0) is 4.79 Å². The fourth-order valence-electron chi connectivity index (χ4n) is 1.97. The fourth-order valence-corrected chi connectivity index (χ4v) is 1.97. The minimum atomic E-state index is 0.240. The molecule has 0 amide bonds. The van der Waals surface area contributed by atoms with Crippen LogP contribution in [0.25, 0.3) is 0 Å². The molecule has 2 unspecified atom stereocenters. The minimum Gasteiger partial charge on any atom is -0.328 e. The second-order valence-electron chi connectivity index (χ2n) is 3.92. The second kappa shape index (κ2) is 5.18. The van der Waals surface area contributed by atoms with Crippen molar-refractivity contribution < 1.29 is 4.79 Å². The first-order chi connectivity index (χ1) is 6.24. The molecule has 74 valence electrons. The standard InChI is InChI=1S/C11H19NO/c1-2-3-7-11(13)9-5-4-6-10(12)8-9/h2,9-10H,1,3-8,12H2. The lowest BCUT2D eigenvalue weighted by Gasteiger charge is -2.25. The zero-order valence-corrected chi connectivity index (χ0v) is 8.17. The molecule has 0 aromatic heterocycles. The van der Waals surface area contributed by atoms with E-state index in [-0.39, 0.29) is 12.0 Å². The first kappa shape index (κ1) is 10.5. The highest BCUT2D eigenvalue weighted by Gasteiger charge is 2.24. The number of carbonyl (C=O) groups is 1. The van der Waals surface area contributed by atoms with Gasteiger partial charge in [-0.1, -0.05) is 12.5 Å². The molecule has 0 aromatic rings. The van der Waals surface area contributed by atoms with Crippen molar-refractivity contribution in [2.45, 2.75) is 44.6 Å². The molecule has 0 heterocycles. The Hall–Kier alpha value is -0.630. The van der Waals surface area contributed by atoms with Crippen molar-refractivity contribution >= 4 is 5.78 Å². The minimum absolute atomic E-state index is 0.240. The van der Waals surface area contributed by atoms with E-state index in [2.05, 4.69) is 6.58 Å². The van der Waals surface area contributed by atoms with Gasteiger partial charge in [0, 0.05) is 18.4 Å². The Morgan fingerprint density at radius 2 is 2.31 bits per heavy atom. The van der Waals surface area contributed by atoms with Gasteiger partial charge in [-0.05, 0) is 25.7 Å². The molecule has 0 bridgehead atoms. The van der Waals surface area contributed by atoms with Crippen molar-refractivity contribution in [2.75, 3.05) is 0 Å². The first-order valence-corrected chi connectivity index (χ1v) is 5.13. The molecule has 2 nitrogen and oxygen atoms in total. The van der Waals surface area contributed by atoms with E-state index in [4.69, 9.17) is 5.73 Å². The molecule has 1 aliphatic rings. The molecule has 1 fully saturated rings. The van der Waals surface area contributed by atoms with Crippen LogP contribution < -0.4 is 5.73 Å². The molecule has 0 radical (unpaired) electrons. The summed E-state index contributed by atoms with van der Waals surface area (Å²) < 4.78 is 0. The van der Waals surface area contributed by atoms with Gasteiger partial charge in [0.2, 0.25) is 0 Å². The Kier molecular flexibility index (Phi) is 4.16. The van der Waals surface area contributed by atoms with Crippen molar-refractivity contribution in [3.05, 3.63) is 12.7 Å². The van der Waals surface area contributed by atoms with E-state index >= 15 is 0 Å². The third-order valence-electron chi connectivity index (χ3n) is 2.76. The maximum absolute atomic E-state index is 11.6. The third-order valence-corrected chi connectivity index (χ3v) is 2.76. The Balaban J connectivity index is 2.32. The van der Waals surface area contributed by atoms with E-state index in [1.165, 1.54) is 0 Å². The van der Waals surface area contributed by atoms with Crippen molar-refractivity contribution in [1.82, 2.24) is 0 Å². The van der Waals surface area contributed by atoms with Crippen molar-refractivity contribution in [1.29, 1.82) is 0 Å². The molecular weight excluding hydrogens is 162 g/mol. The van der Waals surface area contributed by atoms with Crippen molar-refractivity contribution in [3.63, 3.8) is 0 Å². The average molecular weight is 181 g/mol. The summed E-state index contributed by atoms with van der Waals surface area (Å²) in [6.45, 7) is 3.62. The van der Waals surface area contributed by atoms with Gasteiger partial charge in [0.1, 0.15) is 5.78 Å². The molecule has 1 aliphatic carbocycles. The number of carbonyl (C=O) groups excluding carboxylic acids is 1. The number of nitrogens with two attached hydrogens (primary N) is 1. The van der Waals surface area contributed by atoms with E-state index in [9.17, 15) is 4.79 Å². The highest BCUT2D eigenvalue weighted by atomic mass is 16.1. The average Bonchev–Trinajstić information content (AvgIpc) is 2.14. The molecule has 2 atom stereocenters. The SMILES string of the molecule is C=CCCC(=O)C1CCCC(N)C1. The second-order valence-corrected chi connectivity index (χ2v) is 3.92. The maximum atomic E-state index is 11.6. The summed E-state index contributed by atoms with van der Waals surface area (Å²) in [6.07, 6.45) is 7.42. The van der Waals surface area contributed by atoms with E-state index in [0.717, 1.165) is 32.1 Å². The molecular formula is C11H19NO. The Labute approximate surface area is 80.2 Å². The maximum Gasteiger partial charge on any atom is 0.136 e. The summed E-state index contributed by atoms with van der Waals surface area (Å²) in [5.74, 6) is 0.624. The molecule has 2 N–H and O–H groups in total. The summed E-state index contributed by atoms with van der Waals surface area (Å²) in [4.78, 5) is 11.6. The van der Waals surface area contributed by atoms with Gasteiger partial charge >= 0.3 is 0 Å². The molecule has 0 spiro atoms. The molecule has 0 aromatic carbocycles. The van der Waals surface area contributed by atoms with E-state index in [1.54, 1.807) is 6.08 Å². The van der Waals surface area contributed by atoms with Gasteiger partial charge in [0.05, 0.1) is 0 Å². The number of allylic oxidation sites excluding steroid dienone is 1. The topological polar surface area (TPSA) is 43.1 Å². The Morgan fingerprint density at radius 3 is 2.92 bits per heavy atom. The molecule has 0 aliphatic heterocycles. The summed E-state index contributed by atoms with van der Waals surface area (Å²) >= 11 is 0. The van der Waals surface area contributed by atoms with Crippen LogP contribution in [0.3, 0.4) is 0 Å². The number of hydrogen-bond acceptors (Lipinski definition) is 2. The lowest BCUT2D eigenvalue weighted by Crippen LogP contribution is -2.31. The number of Topliss-reactive ketones (excluding diaryl/α,β-unsaturated/α-hetero) is 1. The summed E-state index contributed by atoms with van der Waals surface area (Å²) in [5, 5.41) is 0. The van der Waals surface area contributed by atoms with Crippen LogP contribution in [-0.4, -0.2) is 11.8 Å². The van der Waals surface area contributed by atoms with Gasteiger partial charge in [-0.2, -0.15) is 0 Å². The number of rotatable bonds is 4. The van der Waals surface area contributed by atoms with Gasteiger partial charge in [0.15, 0.2) is 0 Å². The lowest BCUT2D eigenvalue weighted by molar-refractivity contribution is -0.123. The van der Waals surface area contributed by atoms with Crippen molar-refractivity contribution in [3.8, 4) is 0 Å². The van der Waals surface area contributed by atoms with Crippen LogP contribution in [0, 0.1) is 5.92 Å². The number of hydrogen-bond donors (Lipinski definition) is 1. The summed E-state index contributed by atoms with van der Waals surface area (Å²) in [6, 6.07) is 0.256. The van der Waals surface area contributed by atoms with Crippen LogP contribution in [0.1, 0.15) is 38.5 Å². The van der Waals surface area contributed by atoms with Crippen LogP contribution in [0.2, 0.25) is 0 Å². The number of ketones is 1. The van der Waals surface area contributed by atoms with Crippen LogP contribution in [0.5, 0.6) is 0 Å². The Bertz CT molecular complexity index is 189. The van der Waals surface area contributed by atoms with Crippen LogP contribution in [0.4, 0.5) is 0 Å². The lowest BCUT2D eigenvalue weighted by atomic mass is 9.82. The predicted molar refractivity (Wildman–Crippen MR) is 54.4 cm³/mol. The smallest absolute Gasteiger partial charge is 0.136 e. The highest BCUT2D eigenvalue weighted by molar-refractivity contribution is 5.81. The van der Waals surface area contributed by atoms with Crippen LogP contribution >= 0.6 is 0 Å². The van der Waals surface area contributed by atoms with E-state index in [1.807, 2.05) is 0 Å². The molecule has 2 heteroatoms. The molecule has 13 heavy (non-hydrogen) atoms. The fraction of sp³-hybridized carbons (Fsp3) is 0.727. The normalized spacial score (nSPS) is 28.4. The monoisotopic (exact) mass is 181 g/mol. The zero-order chi connectivity index (χ0) is 9.68. The Morgan fingerprint density at radius 1 is 1.54 bits per heavy atom. The van der Waals surface area contributed by atoms with Crippen molar-refractivity contribution in [2.24, 2.45) is 11.7 Å². The summed E-state index contributed by atoms with van der Waals surface area (Å²) in [7, 11) is 0. The van der Waals surface area contributed by atoms with Gasteiger partial charge in [0.25, 0.3) is 0 Å². The largest absolute Gasteiger partial charge is 0.328 e. The van der Waals surface area contributed by atoms with Gasteiger partial charge in [-0.15, -0.1) is 6.58 Å². The van der Waals surface area contributed by atoms with E-state index in [0.29, 0.717) is 12.2 Å². The van der Waals surface area contributed by atoms with Gasteiger partial charge in [-0.25, -0.2) is 0 Å². The van der Waals surface area contributed by atoms with Gasteiger partial charge < -0.3 is 5.73 Å². The van der Waals surface area contributed by atoms with E-state index < -0.39 is 0 Å². The summed E-state index contributed by atoms with van der Waals surface area (Å²) in [5.41, 5.74) is 5.82. The molecule has 1 rings (SSSR count). The highest BCUT2D eigenvalue weighted by Crippen LogP contribution is 2.25.